The zero-order chi connectivity index (χ0) is 49.8. The van der Waals surface area contributed by atoms with E-state index in [1.54, 1.807) is 0 Å². The highest BCUT2D eigenvalue weighted by Crippen LogP contribution is 2.62. The summed E-state index contributed by atoms with van der Waals surface area (Å²) in [6.07, 6.45) is -7.43. The minimum atomic E-state index is -5.58. The molecule has 0 aliphatic carbocycles. The van der Waals surface area contributed by atoms with Crippen LogP contribution in [0.3, 0.4) is 0 Å². The van der Waals surface area contributed by atoms with E-state index in [9.17, 15) is 111 Å². The molecule has 1 aliphatic heterocycles. The molecule has 0 radical (unpaired) electrons. The van der Waals surface area contributed by atoms with Crippen LogP contribution in [0, 0.1) is 5.92 Å². The summed E-state index contributed by atoms with van der Waals surface area (Å²) in [5, 5.41) is 40.3. The SMILES string of the molecule is CC1C(Cc2ccc(NC(=O)C(CNC(=O)CC(P(=O)(O)O)P(=O)(O)O)CNC(=O)CC(P(=O)(O)O)P(=O)(O)O)cc2)N(C(=O)O)CCN(C(=O)O)CCN(C(=O)O)CCN1CC(=O)O. The lowest BCUT2D eigenvalue weighted by Crippen LogP contribution is -2.58. The van der Waals surface area contributed by atoms with Crippen molar-refractivity contribution in [2.45, 2.75) is 49.1 Å². The summed E-state index contributed by atoms with van der Waals surface area (Å²) in [4.78, 5) is 166. The largest absolute Gasteiger partial charge is 0.480 e. The molecule has 1 aromatic carbocycles. The number of carboxylic acids is 1. The Labute approximate surface area is 368 Å². The van der Waals surface area contributed by atoms with E-state index in [0.29, 0.717) is 5.56 Å². The molecule has 0 bridgehead atoms. The number of nitrogens with one attached hydrogen (secondary N) is 3. The molecular weight excluding hydrogens is 962 g/mol. The van der Waals surface area contributed by atoms with Gasteiger partial charge >= 0.3 is 54.6 Å². The predicted molar refractivity (Wildman–Crippen MR) is 220 cm³/mol. The van der Waals surface area contributed by atoms with Gasteiger partial charge in [0.15, 0.2) is 10.8 Å². The molecule has 15 N–H and O–H groups in total. The first-order valence-corrected chi connectivity index (χ1v) is 25.5. The zero-order valence-electron chi connectivity index (χ0n) is 34.1. The van der Waals surface area contributed by atoms with Gasteiger partial charge in [0, 0.05) is 64.1 Å². The van der Waals surface area contributed by atoms with Gasteiger partial charge in [-0.25, -0.2) is 14.4 Å². The molecule has 368 valence electrons. The van der Waals surface area contributed by atoms with Crippen molar-refractivity contribution < 1.29 is 111 Å². The maximum absolute atomic E-state index is 13.5. The number of benzene rings is 1. The first-order chi connectivity index (χ1) is 29.7. The van der Waals surface area contributed by atoms with Crippen LogP contribution in [-0.4, -0.2) is 203 Å². The second kappa shape index (κ2) is 23.8. The van der Waals surface area contributed by atoms with Gasteiger partial charge in [0.25, 0.3) is 0 Å². The highest BCUT2D eigenvalue weighted by molar-refractivity contribution is 7.71. The Morgan fingerprint density at radius 1 is 0.615 bits per heavy atom. The minimum absolute atomic E-state index is 0.0206. The summed E-state index contributed by atoms with van der Waals surface area (Å²) in [7, 11) is -22.3. The molecule has 34 heteroatoms. The summed E-state index contributed by atoms with van der Waals surface area (Å²) in [5.74, 6) is -6.80. The van der Waals surface area contributed by atoms with Gasteiger partial charge in [0.05, 0.1) is 31.3 Å². The van der Waals surface area contributed by atoms with E-state index >= 15 is 0 Å². The van der Waals surface area contributed by atoms with Crippen molar-refractivity contribution >= 4 is 78.0 Å². The smallest absolute Gasteiger partial charge is 0.407 e. The van der Waals surface area contributed by atoms with Crippen LogP contribution in [0.25, 0.3) is 0 Å². The van der Waals surface area contributed by atoms with Gasteiger partial charge in [-0.1, -0.05) is 12.1 Å². The van der Waals surface area contributed by atoms with Crippen molar-refractivity contribution in [1.29, 1.82) is 0 Å². The molecule has 2 rings (SSSR count). The maximum atomic E-state index is 13.5. The summed E-state index contributed by atoms with van der Waals surface area (Å²) < 4.78 is 46.7. The molecule has 30 nitrogen and oxygen atoms in total. The van der Waals surface area contributed by atoms with Gasteiger partial charge in [-0.2, -0.15) is 0 Å². The van der Waals surface area contributed by atoms with Crippen LogP contribution in [-0.2, 0) is 43.9 Å². The van der Waals surface area contributed by atoms with Gasteiger partial charge in [0.1, 0.15) is 0 Å². The predicted octanol–water partition coefficient (Wildman–Crippen LogP) is -1.74. The topological polar surface area (TPSA) is 480 Å². The number of hydrogen-bond donors (Lipinski definition) is 15. The zero-order valence-corrected chi connectivity index (χ0v) is 37.7. The molecule has 65 heavy (non-hydrogen) atoms. The van der Waals surface area contributed by atoms with Crippen molar-refractivity contribution in [3.63, 3.8) is 0 Å². The molecule has 1 fully saturated rings. The lowest BCUT2D eigenvalue weighted by Gasteiger charge is -2.41. The monoisotopic (exact) mass is 1010 g/mol. The van der Waals surface area contributed by atoms with Crippen LogP contribution >= 0.6 is 30.4 Å². The second-order valence-corrected chi connectivity index (χ2v) is 22.6. The number of amides is 6. The first-order valence-electron chi connectivity index (χ1n) is 18.8. The highest BCUT2D eigenvalue weighted by atomic mass is 31.2. The Morgan fingerprint density at radius 3 is 1.38 bits per heavy atom. The third kappa shape index (κ3) is 18.7. The number of rotatable bonds is 18. The Hall–Kier alpha value is -4.53. The summed E-state index contributed by atoms with van der Waals surface area (Å²) in [6, 6.07) is 3.30. The average molecular weight is 1010 g/mol. The quantitative estimate of drug-likeness (QED) is 0.0726. The van der Waals surface area contributed by atoms with Crippen LogP contribution in [0.4, 0.5) is 20.1 Å². The number of carbonyl (C=O) groups excluding carboxylic acids is 3. The van der Waals surface area contributed by atoms with Gasteiger partial charge in [-0.15, -0.1) is 0 Å². The highest BCUT2D eigenvalue weighted by Gasteiger charge is 2.46. The number of nitrogens with zero attached hydrogens (tertiary/aromatic N) is 4. The molecular formula is C31H51N7O23P4. The van der Waals surface area contributed by atoms with Crippen LogP contribution in [0.15, 0.2) is 24.3 Å². The van der Waals surface area contributed by atoms with Crippen molar-refractivity contribution in [1.82, 2.24) is 30.2 Å². The minimum Gasteiger partial charge on any atom is -0.480 e. The molecule has 1 saturated heterocycles. The van der Waals surface area contributed by atoms with Gasteiger partial charge in [-0.05, 0) is 31.0 Å². The first kappa shape index (κ1) is 56.6. The third-order valence-electron chi connectivity index (χ3n) is 9.98. The van der Waals surface area contributed by atoms with Crippen molar-refractivity contribution in [3.05, 3.63) is 29.8 Å². The van der Waals surface area contributed by atoms with E-state index in [4.69, 9.17) is 0 Å². The van der Waals surface area contributed by atoms with E-state index in [1.165, 1.54) is 36.1 Å². The molecule has 2 unspecified atom stereocenters. The number of carboxylic acid groups (broad SMARTS) is 4. The molecule has 6 amide bonds. The fourth-order valence-electron chi connectivity index (χ4n) is 6.40. The van der Waals surface area contributed by atoms with Gasteiger partial charge < -0.3 is 90.2 Å². The standard InChI is InChI=1S/C31H51N7O23P4/c1-18-22(38(31(48)49)11-10-36(30(46)47)7-6-35(29(44)45)8-9-37(18)17-25(41)42)12-19-2-4-21(5-3-19)34-28(43)20(15-32-23(39)13-26(62(50,51)52)63(53,54)55)16-33-24(40)14-27(64(56,57)58)65(59,60)61/h2-5,18,20,22,26-27H,6-17H2,1H3,(H,32,39)(H,33,40)(H,34,43)(H,41,42)(H,44,45)(H,46,47)(H,48,49)(H2,50,51,52)(H2,53,54,55)(H2,56,57,58)(H2,59,60,61). The van der Waals surface area contributed by atoms with E-state index in [2.05, 4.69) is 5.32 Å². The van der Waals surface area contributed by atoms with Crippen molar-refractivity contribution in [3.8, 4) is 0 Å². The van der Waals surface area contributed by atoms with Crippen molar-refractivity contribution in [2.24, 2.45) is 5.92 Å². The number of aliphatic carboxylic acids is 1. The molecule has 0 aromatic heterocycles. The lowest BCUT2D eigenvalue weighted by molar-refractivity contribution is -0.139. The summed E-state index contributed by atoms with van der Waals surface area (Å²) in [6.45, 7) is -2.76. The Bertz CT molecular complexity index is 1980. The Balaban J connectivity index is 2.45. The van der Waals surface area contributed by atoms with Crippen LogP contribution < -0.4 is 16.0 Å². The maximum Gasteiger partial charge on any atom is 0.407 e. The Kier molecular flexibility index (Phi) is 20.7. The van der Waals surface area contributed by atoms with Crippen LogP contribution in [0.1, 0.15) is 25.3 Å². The summed E-state index contributed by atoms with van der Waals surface area (Å²) in [5.41, 5.74) is 0.342. The van der Waals surface area contributed by atoms with Crippen LogP contribution in [0.2, 0.25) is 0 Å². The lowest BCUT2D eigenvalue weighted by atomic mass is 9.97. The number of hydrogen-bond acceptors (Lipinski definition) is 12. The molecule has 0 saturated carbocycles. The van der Waals surface area contributed by atoms with E-state index in [-0.39, 0.29) is 38.3 Å². The molecule has 2 atom stereocenters. The third-order valence-corrected chi connectivity index (χ3v) is 17.4. The van der Waals surface area contributed by atoms with Crippen LogP contribution in [0.5, 0.6) is 0 Å². The van der Waals surface area contributed by atoms with Gasteiger partial charge in [0.2, 0.25) is 17.7 Å². The molecule has 1 aromatic rings. The normalized spacial score (nSPS) is 17.6. The van der Waals surface area contributed by atoms with E-state index < -0.39 is 147 Å². The number of anilines is 1. The molecule has 0 spiro atoms. The number of carbonyl (C=O) groups is 7. The molecule has 1 heterocycles. The van der Waals surface area contributed by atoms with Crippen molar-refractivity contribution in [2.75, 3.05) is 64.2 Å². The fraction of sp³-hybridized carbons (Fsp3) is 0.581. The van der Waals surface area contributed by atoms with E-state index in [0.717, 1.165) is 14.7 Å². The van der Waals surface area contributed by atoms with Gasteiger partial charge in [-0.3, -0.25) is 42.3 Å². The summed E-state index contributed by atoms with van der Waals surface area (Å²) >= 11 is 0. The average Bonchev–Trinajstić information content (AvgIpc) is 3.14. The molecule has 1 aliphatic rings. The second-order valence-electron chi connectivity index (χ2n) is 14.6. The van der Waals surface area contributed by atoms with E-state index in [1.807, 2.05) is 10.6 Å². The fourth-order valence-corrected chi connectivity index (χ4v) is 11.1. The Morgan fingerprint density at radius 2 is 1.02 bits per heavy atom.